The Morgan fingerprint density at radius 1 is 0.468 bits per heavy atom. The molecule has 0 saturated heterocycles. The molecule has 0 N–H and O–H groups in total. The number of fused-ring (bicyclic) bond motifs is 3. The van der Waals surface area contributed by atoms with Gasteiger partial charge in [0.05, 0.1) is 27.5 Å². The highest BCUT2D eigenvalue weighted by atomic mass is 28.3. The zero-order chi connectivity index (χ0) is 44.6. The van der Waals surface area contributed by atoms with E-state index in [9.17, 15) is 0 Å². The SMILES string of the molecule is CC(C)(C)c1ccc(N(c2cc(N(c3ccc([Si](C)(C)C)cc3)c3ccc([Si](C)(C)C)cc3-c3ccccc3)cc(C(C)(C)C)c2)c2coc3c2-c2ccccc2C3(C)C)cc1. The topological polar surface area (TPSA) is 19.6 Å². The van der Waals surface area contributed by atoms with E-state index < -0.39 is 16.1 Å². The molecule has 0 aliphatic heterocycles. The molecule has 0 spiro atoms. The van der Waals surface area contributed by atoms with Crippen LogP contribution in [0.1, 0.15) is 77.8 Å². The summed E-state index contributed by atoms with van der Waals surface area (Å²) >= 11 is 0. The van der Waals surface area contributed by atoms with Gasteiger partial charge in [-0.25, -0.2) is 0 Å². The summed E-state index contributed by atoms with van der Waals surface area (Å²) in [6.45, 7) is 33.0. The van der Waals surface area contributed by atoms with Gasteiger partial charge in [0.15, 0.2) is 0 Å². The van der Waals surface area contributed by atoms with Gasteiger partial charge in [-0.3, -0.25) is 0 Å². The highest BCUT2D eigenvalue weighted by molar-refractivity contribution is 6.89. The number of nitrogens with zero attached hydrogens (tertiary/aromatic N) is 2. The van der Waals surface area contributed by atoms with E-state index in [0.29, 0.717) is 0 Å². The van der Waals surface area contributed by atoms with Crippen LogP contribution in [0.2, 0.25) is 39.3 Å². The first-order valence-electron chi connectivity index (χ1n) is 22.4. The van der Waals surface area contributed by atoms with Crippen molar-refractivity contribution >= 4 is 60.6 Å². The minimum Gasteiger partial charge on any atom is -0.465 e. The number of anilines is 6. The first-order valence-corrected chi connectivity index (χ1v) is 29.4. The smallest absolute Gasteiger partial charge is 0.123 e. The summed E-state index contributed by atoms with van der Waals surface area (Å²) in [6, 6.07) is 52.9. The van der Waals surface area contributed by atoms with Crippen molar-refractivity contribution < 1.29 is 4.42 Å². The molecule has 1 aliphatic rings. The van der Waals surface area contributed by atoms with Gasteiger partial charge < -0.3 is 14.2 Å². The average Bonchev–Trinajstić information content (AvgIpc) is 3.75. The van der Waals surface area contributed by atoms with E-state index in [1.165, 1.54) is 49.3 Å². The molecule has 6 aromatic carbocycles. The summed E-state index contributed by atoms with van der Waals surface area (Å²) < 4.78 is 6.72. The normalized spacial score (nSPS) is 13.8. The third-order valence-electron chi connectivity index (χ3n) is 12.9. The van der Waals surface area contributed by atoms with Crippen LogP contribution in [0.15, 0.2) is 150 Å². The van der Waals surface area contributed by atoms with Crippen molar-refractivity contribution in [2.45, 2.75) is 111 Å². The predicted molar refractivity (Wildman–Crippen MR) is 274 cm³/mol. The molecule has 3 nitrogen and oxygen atoms in total. The van der Waals surface area contributed by atoms with Gasteiger partial charge in [0.2, 0.25) is 0 Å². The van der Waals surface area contributed by atoms with Crippen LogP contribution in [-0.2, 0) is 16.2 Å². The molecule has 0 fully saturated rings. The molecule has 1 aliphatic carbocycles. The third kappa shape index (κ3) is 8.06. The summed E-state index contributed by atoms with van der Waals surface area (Å²) in [5.41, 5.74) is 15.0. The van der Waals surface area contributed by atoms with Gasteiger partial charge in [-0.2, -0.15) is 0 Å². The zero-order valence-electron chi connectivity index (χ0n) is 39.7. The number of benzene rings is 6. The Kier molecular flexibility index (Phi) is 10.8. The fraction of sp³-hybridized carbons (Fsp3) is 0.298. The molecule has 1 heterocycles. The van der Waals surface area contributed by atoms with E-state index in [2.05, 4.69) is 244 Å². The van der Waals surface area contributed by atoms with Crippen LogP contribution in [0.4, 0.5) is 34.1 Å². The van der Waals surface area contributed by atoms with Gasteiger partial charge in [0.1, 0.15) is 12.0 Å². The molecule has 5 heteroatoms. The molecular formula is C57H66N2OSi2. The van der Waals surface area contributed by atoms with E-state index in [1.54, 1.807) is 0 Å². The van der Waals surface area contributed by atoms with Crippen molar-refractivity contribution in [2.75, 3.05) is 9.80 Å². The van der Waals surface area contributed by atoms with Crippen molar-refractivity contribution in [3.8, 4) is 22.3 Å². The minimum absolute atomic E-state index is 0.0234. The van der Waals surface area contributed by atoms with E-state index in [0.717, 1.165) is 39.9 Å². The molecular weight excluding hydrogens is 785 g/mol. The maximum Gasteiger partial charge on any atom is 0.123 e. The van der Waals surface area contributed by atoms with Gasteiger partial charge in [0.25, 0.3) is 0 Å². The second-order valence-corrected chi connectivity index (χ2v) is 32.3. The lowest BCUT2D eigenvalue weighted by molar-refractivity contribution is 0.439. The fourth-order valence-electron chi connectivity index (χ4n) is 9.01. The lowest BCUT2D eigenvalue weighted by Gasteiger charge is -2.34. The summed E-state index contributed by atoms with van der Waals surface area (Å²) in [5.74, 6) is 1.01. The largest absolute Gasteiger partial charge is 0.465 e. The van der Waals surface area contributed by atoms with Crippen molar-refractivity contribution in [3.05, 3.63) is 168 Å². The maximum atomic E-state index is 6.72. The van der Waals surface area contributed by atoms with Crippen LogP contribution < -0.4 is 20.2 Å². The summed E-state index contributed by atoms with van der Waals surface area (Å²) in [4.78, 5) is 4.97. The molecule has 0 saturated carbocycles. The molecule has 0 radical (unpaired) electrons. The van der Waals surface area contributed by atoms with Crippen molar-refractivity contribution in [3.63, 3.8) is 0 Å². The molecule has 0 atom stereocenters. The number of hydrogen-bond acceptors (Lipinski definition) is 3. The Balaban J connectivity index is 1.44. The standard InChI is InChI=1S/C57H66N2OSi2/c1-55(2,3)40-24-26-42(27-25-40)59(52-38-60-54-53(52)48-22-18-19-23-50(48)57(54,7)8)45-35-41(56(4,5)6)34-44(36-45)58(43-28-30-46(31-29-43)61(9,10)11)51-33-32-47(62(12,13)14)37-49(51)39-20-16-15-17-21-39/h15-38H,1-14H3. The van der Waals surface area contributed by atoms with Gasteiger partial charge in [-0.15, -0.1) is 0 Å². The molecule has 62 heavy (non-hydrogen) atoms. The fourth-order valence-corrected chi connectivity index (χ4v) is 11.3. The van der Waals surface area contributed by atoms with Gasteiger partial charge >= 0.3 is 0 Å². The highest BCUT2D eigenvalue weighted by Crippen LogP contribution is 2.56. The molecule has 0 amide bonds. The second kappa shape index (κ2) is 15.5. The van der Waals surface area contributed by atoms with Crippen molar-refractivity contribution in [1.29, 1.82) is 0 Å². The third-order valence-corrected chi connectivity index (χ3v) is 17.0. The first-order chi connectivity index (χ1) is 29.0. The molecule has 0 bridgehead atoms. The van der Waals surface area contributed by atoms with Crippen LogP contribution in [0, 0.1) is 0 Å². The Morgan fingerprint density at radius 3 is 1.55 bits per heavy atom. The zero-order valence-corrected chi connectivity index (χ0v) is 41.7. The summed E-state index contributed by atoms with van der Waals surface area (Å²) in [5, 5.41) is 2.89. The number of hydrogen-bond donors (Lipinski definition) is 0. The van der Waals surface area contributed by atoms with Gasteiger partial charge in [-0.1, -0.05) is 182 Å². The van der Waals surface area contributed by atoms with Gasteiger partial charge in [-0.05, 0) is 101 Å². The van der Waals surface area contributed by atoms with E-state index >= 15 is 0 Å². The van der Waals surface area contributed by atoms with Crippen LogP contribution in [-0.4, -0.2) is 16.1 Å². The number of furan rings is 1. The summed E-state index contributed by atoms with van der Waals surface area (Å²) in [7, 11) is -3.22. The summed E-state index contributed by atoms with van der Waals surface area (Å²) in [6.07, 6.45) is 2.00. The lowest BCUT2D eigenvalue weighted by Crippen LogP contribution is -2.37. The van der Waals surface area contributed by atoms with E-state index in [-0.39, 0.29) is 16.2 Å². The monoisotopic (exact) mass is 850 g/mol. The van der Waals surface area contributed by atoms with Crippen LogP contribution in [0.3, 0.4) is 0 Å². The lowest BCUT2D eigenvalue weighted by atomic mass is 9.85. The van der Waals surface area contributed by atoms with Crippen molar-refractivity contribution in [2.24, 2.45) is 0 Å². The van der Waals surface area contributed by atoms with E-state index in [4.69, 9.17) is 4.42 Å². The number of rotatable bonds is 9. The van der Waals surface area contributed by atoms with Crippen molar-refractivity contribution in [1.82, 2.24) is 0 Å². The van der Waals surface area contributed by atoms with Crippen LogP contribution >= 0.6 is 0 Å². The molecule has 8 rings (SSSR count). The quantitative estimate of drug-likeness (QED) is 0.135. The average molecular weight is 851 g/mol. The highest BCUT2D eigenvalue weighted by Gasteiger charge is 2.42. The van der Waals surface area contributed by atoms with Gasteiger partial charge in [0, 0.05) is 39.3 Å². The second-order valence-electron chi connectivity index (χ2n) is 22.1. The Bertz CT molecular complexity index is 2730. The van der Waals surface area contributed by atoms with Crippen LogP contribution in [0.25, 0.3) is 22.3 Å². The maximum absolute atomic E-state index is 6.72. The Morgan fingerprint density at radius 2 is 0.984 bits per heavy atom. The van der Waals surface area contributed by atoms with Crippen LogP contribution in [0.5, 0.6) is 0 Å². The minimum atomic E-state index is -1.66. The Labute approximate surface area is 374 Å². The molecule has 1 aromatic heterocycles. The molecule has 318 valence electrons. The molecule has 7 aromatic rings. The first kappa shape index (κ1) is 43.3. The predicted octanol–water partition coefficient (Wildman–Crippen LogP) is 15.9. The van der Waals surface area contributed by atoms with E-state index in [1.807, 2.05) is 6.26 Å². The molecule has 0 unspecified atom stereocenters. The Hall–Kier alpha value is -5.37.